The standard InChI is InChI=1S/C13H7NO4S/c15-7-8-5-6-10-12(16)9-3-1-2-4-11(9)19(17,18)13(10)14-8/h1-7H. The van der Waals surface area contributed by atoms with Gasteiger partial charge in [-0.1, -0.05) is 12.1 Å². The van der Waals surface area contributed by atoms with Crippen molar-refractivity contribution in [3.8, 4) is 0 Å². The van der Waals surface area contributed by atoms with Gasteiger partial charge in [0.15, 0.2) is 17.1 Å². The second-order valence-electron chi connectivity index (χ2n) is 4.04. The minimum absolute atomic E-state index is 0.00398. The zero-order valence-corrected chi connectivity index (χ0v) is 10.3. The van der Waals surface area contributed by atoms with Crippen molar-refractivity contribution in [3.63, 3.8) is 0 Å². The third-order valence-electron chi connectivity index (χ3n) is 2.92. The van der Waals surface area contributed by atoms with Gasteiger partial charge in [-0.25, -0.2) is 13.4 Å². The SMILES string of the molecule is O=Cc1ccc2c(n1)S(=O)(=O)c1ccccc1C2=O. The van der Waals surface area contributed by atoms with Gasteiger partial charge < -0.3 is 0 Å². The quantitative estimate of drug-likeness (QED) is 0.624. The van der Waals surface area contributed by atoms with Crippen molar-refractivity contribution in [2.24, 2.45) is 0 Å². The molecule has 0 radical (unpaired) electrons. The summed E-state index contributed by atoms with van der Waals surface area (Å²) in [4.78, 5) is 26.6. The van der Waals surface area contributed by atoms with Gasteiger partial charge >= 0.3 is 0 Å². The number of ketones is 1. The van der Waals surface area contributed by atoms with Crippen LogP contribution in [0.15, 0.2) is 46.3 Å². The Bertz CT molecular complexity index is 824. The molecule has 5 nitrogen and oxygen atoms in total. The molecule has 0 spiro atoms. The first-order chi connectivity index (χ1) is 9.05. The highest BCUT2D eigenvalue weighted by atomic mass is 32.2. The van der Waals surface area contributed by atoms with E-state index in [2.05, 4.69) is 4.98 Å². The number of fused-ring (bicyclic) bond motifs is 2. The van der Waals surface area contributed by atoms with Crippen LogP contribution < -0.4 is 0 Å². The number of sulfone groups is 1. The lowest BCUT2D eigenvalue weighted by Gasteiger charge is -2.17. The van der Waals surface area contributed by atoms with E-state index < -0.39 is 15.6 Å². The molecule has 0 N–H and O–H groups in total. The molecule has 1 aliphatic heterocycles. The first-order valence-corrected chi connectivity index (χ1v) is 6.89. The van der Waals surface area contributed by atoms with Gasteiger partial charge in [0.1, 0.15) is 5.69 Å². The van der Waals surface area contributed by atoms with E-state index >= 15 is 0 Å². The topological polar surface area (TPSA) is 81.2 Å². The van der Waals surface area contributed by atoms with Crippen LogP contribution in [0.2, 0.25) is 0 Å². The highest BCUT2D eigenvalue weighted by Crippen LogP contribution is 2.32. The number of carbonyl (C=O) groups excluding carboxylic acids is 2. The summed E-state index contributed by atoms with van der Waals surface area (Å²) in [6, 6.07) is 8.62. The van der Waals surface area contributed by atoms with Crippen LogP contribution in [0.1, 0.15) is 26.4 Å². The minimum Gasteiger partial charge on any atom is -0.296 e. The Hall–Kier alpha value is -2.34. The van der Waals surface area contributed by atoms with Gasteiger partial charge in [0.2, 0.25) is 9.84 Å². The van der Waals surface area contributed by atoms with Crippen molar-refractivity contribution in [1.29, 1.82) is 0 Å². The Kier molecular flexibility index (Phi) is 2.36. The van der Waals surface area contributed by atoms with E-state index in [1.54, 1.807) is 6.07 Å². The molecule has 1 aliphatic rings. The molecular formula is C13H7NO4S. The normalized spacial score (nSPS) is 15.5. The summed E-state index contributed by atoms with van der Waals surface area (Å²) in [5, 5.41) is -0.346. The fraction of sp³-hybridized carbons (Fsp3) is 0. The summed E-state index contributed by atoms with van der Waals surface area (Å²) >= 11 is 0. The molecule has 94 valence electrons. The molecule has 0 unspecified atom stereocenters. The lowest BCUT2D eigenvalue weighted by Crippen LogP contribution is -2.22. The van der Waals surface area contributed by atoms with E-state index in [-0.39, 0.29) is 26.7 Å². The Labute approximate surface area is 108 Å². The molecule has 0 amide bonds. The minimum atomic E-state index is -3.86. The number of aromatic nitrogens is 1. The van der Waals surface area contributed by atoms with Crippen molar-refractivity contribution in [2.45, 2.75) is 9.92 Å². The number of benzene rings is 1. The molecule has 6 heteroatoms. The van der Waals surface area contributed by atoms with Crippen molar-refractivity contribution < 1.29 is 18.0 Å². The first-order valence-electron chi connectivity index (χ1n) is 5.41. The van der Waals surface area contributed by atoms with Crippen LogP contribution >= 0.6 is 0 Å². The average Bonchev–Trinajstić information content (AvgIpc) is 2.45. The van der Waals surface area contributed by atoms with Gasteiger partial charge in [0.25, 0.3) is 0 Å². The molecule has 0 bridgehead atoms. The maximum absolute atomic E-state index is 12.4. The summed E-state index contributed by atoms with van der Waals surface area (Å²) in [6.45, 7) is 0. The monoisotopic (exact) mass is 273 g/mol. The predicted octanol–water partition coefficient (Wildman–Crippen LogP) is 1.27. The molecule has 1 aromatic heterocycles. The average molecular weight is 273 g/mol. The summed E-state index contributed by atoms with van der Waals surface area (Å²) in [5.41, 5.74) is 0.120. The van der Waals surface area contributed by atoms with E-state index in [9.17, 15) is 18.0 Å². The first kappa shape index (κ1) is 11.7. The number of pyridine rings is 1. The third-order valence-corrected chi connectivity index (χ3v) is 4.68. The molecule has 0 saturated carbocycles. The molecular weight excluding hydrogens is 266 g/mol. The van der Waals surface area contributed by atoms with Gasteiger partial charge in [0, 0.05) is 5.56 Å². The Morgan fingerprint density at radius 2 is 1.74 bits per heavy atom. The predicted molar refractivity (Wildman–Crippen MR) is 65.0 cm³/mol. The molecule has 0 saturated heterocycles. The molecule has 0 atom stereocenters. The van der Waals surface area contributed by atoms with Crippen LogP contribution in [-0.2, 0) is 9.84 Å². The molecule has 2 heterocycles. The largest absolute Gasteiger partial charge is 0.296 e. The second kappa shape index (κ2) is 3.83. The van der Waals surface area contributed by atoms with Crippen molar-refractivity contribution in [1.82, 2.24) is 4.98 Å². The van der Waals surface area contributed by atoms with Gasteiger partial charge in [-0.2, -0.15) is 0 Å². The van der Waals surface area contributed by atoms with Gasteiger partial charge in [-0.15, -0.1) is 0 Å². The van der Waals surface area contributed by atoms with Crippen LogP contribution in [0.4, 0.5) is 0 Å². The fourth-order valence-electron chi connectivity index (χ4n) is 2.04. The molecule has 1 aromatic carbocycles. The van der Waals surface area contributed by atoms with Crippen LogP contribution in [0.3, 0.4) is 0 Å². The molecule has 19 heavy (non-hydrogen) atoms. The zero-order chi connectivity index (χ0) is 13.6. The summed E-state index contributed by atoms with van der Waals surface area (Å²) in [5.74, 6) is -0.398. The van der Waals surface area contributed by atoms with Crippen LogP contribution in [-0.4, -0.2) is 25.5 Å². The van der Waals surface area contributed by atoms with Gasteiger partial charge in [0.05, 0.1) is 10.5 Å². The second-order valence-corrected chi connectivity index (χ2v) is 5.87. The van der Waals surface area contributed by atoms with E-state index in [4.69, 9.17) is 0 Å². The summed E-state index contributed by atoms with van der Waals surface area (Å²) < 4.78 is 24.8. The van der Waals surface area contributed by atoms with Gasteiger partial charge in [-0.3, -0.25) is 9.59 Å². The van der Waals surface area contributed by atoms with Crippen molar-refractivity contribution >= 4 is 21.9 Å². The smallest absolute Gasteiger partial charge is 0.225 e. The van der Waals surface area contributed by atoms with E-state index in [1.807, 2.05) is 0 Å². The van der Waals surface area contributed by atoms with Crippen molar-refractivity contribution in [2.75, 3.05) is 0 Å². The van der Waals surface area contributed by atoms with E-state index in [1.165, 1.54) is 30.3 Å². The molecule has 3 rings (SSSR count). The lowest BCUT2D eigenvalue weighted by molar-refractivity contribution is 0.102. The van der Waals surface area contributed by atoms with Crippen LogP contribution in [0.5, 0.6) is 0 Å². The Morgan fingerprint density at radius 1 is 1.00 bits per heavy atom. The van der Waals surface area contributed by atoms with E-state index in [0.29, 0.717) is 6.29 Å². The summed E-state index contributed by atoms with van der Waals surface area (Å²) in [7, 11) is -3.86. The number of carbonyl (C=O) groups is 2. The fourth-order valence-corrected chi connectivity index (χ4v) is 3.63. The third kappa shape index (κ3) is 1.53. The number of hydrogen-bond donors (Lipinski definition) is 0. The molecule has 0 aliphatic carbocycles. The number of hydrogen-bond acceptors (Lipinski definition) is 5. The Morgan fingerprint density at radius 3 is 2.47 bits per heavy atom. The maximum Gasteiger partial charge on any atom is 0.225 e. The van der Waals surface area contributed by atoms with Crippen molar-refractivity contribution in [3.05, 3.63) is 53.2 Å². The number of nitrogens with zero attached hydrogens (tertiary/aromatic N) is 1. The molecule has 2 aromatic rings. The number of rotatable bonds is 1. The zero-order valence-electron chi connectivity index (χ0n) is 9.53. The van der Waals surface area contributed by atoms with E-state index in [0.717, 1.165) is 0 Å². The van der Waals surface area contributed by atoms with Crippen LogP contribution in [0.25, 0.3) is 0 Å². The summed E-state index contributed by atoms with van der Waals surface area (Å²) in [6.07, 6.45) is 0.445. The lowest BCUT2D eigenvalue weighted by atomic mass is 10.0. The highest BCUT2D eigenvalue weighted by molar-refractivity contribution is 7.91. The van der Waals surface area contributed by atoms with Gasteiger partial charge in [-0.05, 0) is 24.3 Å². The molecule has 0 fully saturated rings. The Balaban J connectivity index is 2.42. The van der Waals surface area contributed by atoms with Crippen LogP contribution in [0, 0.1) is 0 Å². The maximum atomic E-state index is 12.4. The number of aldehydes is 1. The highest BCUT2D eigenvalue weighted by Gasteiger charge is 2.35.